The molecule has 0 bridgehead atoms. The van der Waals surface area contributed by atoms with E-state index in [1.807, 2.05) is 0 Å². The number of amides is 2. The van der Waals surface area contributed by atoms with Gasteiger partial charge < -0.3 is 16.2 Å². The molecule has 21 heavy (non-hydrogen) atoms. The molecular weight excluding hydrogens is 276 g/mol. The summed E-state index contributed by atoms with van der Waals surface area (Å²) in [6, 6.07) is 0. The Morgan fingerprint density at radius 2 is 1.81 bits per heavy atom. The average Bonchev–Trinajstić information content (AvgIpc) is 2.41. The Kier molecular flexibility index (Phi) is 7.74. The van der Waals surface area contributed by atoms with Crippen LogP contribution in [0.25, 0.3) is 0 Å². The van der Waals surface area contributed by atoms with Gasteiger partial charge in [0.05, 0.1) is 0 Å². The predicted octanol–water partition coefficient (Wildman–Crippen LogP) is 0.0543. The van der Waals surface area contributed by atoms with Crippen molar-refractivity contribution in [1.29, 1.82) is 0 Å². The van der Waals surface area contributed by atoms with Crippen LogP contribution in [0.5, 0.6) is 0 Å². The van der Waals surface area contributed by atoms with Crippen LogP contribution in [-0.4, -0.2) is 47.6 Å². The van der Waals surface area contributed by atoms with Crippen LogP contribution in [0.15, 0.2) is 16.5 Å². The summed E-state index contributed by atoms with van der Waals surface area (Å²) in [5.74, 6) is -1.70. The molecule has 8 heteroatoms. The van der Waals surface area contributed by atoms with E-state index in [9.17, 15) is 14.4 Å². The molecule has 0 unspecified atom stereocenters. The number of hydrogen-bond acceptors (Lipinski definition) is 5. The molecule has 8 nitrogen and oxygen atoms in total. The highest BCUT2D eigenvalue weighted by atomic mass is 16.4. The standard InChI is InChI=1S/C13H22N4O4/c1-8(6-5-7-10(19)20)16-12(17(4)9(2)18)11(14)13(21)15-3/h5-7,14H2,1-4H3,(H,15,21)(H,19,20)/b12-11+,16-8?. The van der Waals surface area contributed by atoms with Gasteiger partial charge in [0.25, 0.3) is 5.91 Å². The van der Waals surface area contributed by atoms with Gasteiger partial charge in [0.15, 0.2) is 5.82 Å². The fourth-order valence-electron chi connectivity index (χ4n) is 1.43. The lowest BCUT2D eigenvalue weighted by Crippen LogP contribution is -2.32. The molecule has 0 rings (SSSR count). The first-order valence-corrected chi connectivity index (χ1v) is 6.42. The summed E-state index contributed by atoms with van der Waals surface area (Å²) in [5, 5.41) is 11.0. The van der Waals surface area contributed by atoms with Crippen LogP contribution in [0.2, 0.25) is 0 Å². The molecule has 0 aliphatic heterocycles. The summed E-state index contributed by atoms with van der Waals surface area (Å²) < 4.78 is 0. The number of aliphatic carboxylic acids is 1. The van der Waals surface area contributed by atoms with Gasteiger partial charge in [-0.3, -0.25) is 19.3 Å². The molecule has 0 fully saturated rings. The lowest BCUT2D eigenvalue weighted by molar-refractivity contribution is -0.137. The fraction of sp³-hybridized carbons (Fsp3) is 0.538. The van der Waals surface area contributed by atoms with Crippen LogP contribution in [0.4, 0.5) is 0 Å². The number of nitrogens with one attached hydrogen (secondary N) is 1. The molecule has 0 saturated heterocycles. The third-order valence-corrected chi connectivity index (χ3v) is 2.73. The van der Waals surface area contributed by atoms with E-state index in [4.69, 9.17) is 10.8 Å². The zero-order chi connectivity index (χ0) is 16.6. The smallest absolute Gasteiger partial charge is 0.303 e. The van der Waals surface area contributed by atoms with Gasteiger partial charge in [-0.2, -0.15) is 0 Å². The average molecular weight is 298 g/mol. The van der Waals surface area contributed by atoms with Crippen molar-refractivity contribution in [3.63, 3.8) is 0 Å². The quantitative estimate of drug-likeness (QED) is 0.452. The van der Waals surface area contributed by atoms with Gasteiger partial charge in [-0.25, -0.2) is 4.99 Å². The summed E-state index contributed by atoms with van der Waals surface area (Å²) >= 11 is 0. The molecular formula is C13H22N4O4. The zero-order valence-electron chi connectivity index (χ0n) is 12.8. The number of carbonyl (C=O) groups is 3. The first-order valence-electron chi connectivity index (χ1n) is 6.42. The molecule has 0 heterocycles. The summed E-state index contributed by atoms with van der Waals surface area (Å²) in [5.41, 5.74) is 6.12. The van der Waals surface area contributed by atoms with E-state index in [1.54, 1.807) is 6.92 Å². The molecule has 0 spiro atoms. The SMILES string of the molecule is CNC(=O)/C(N)=C(/N=C(C)CCCC(=O)O)N(C)C(C)=O. The Morgan fingerprint density at radius 1 is 1.24 bits per heavy atom. The van der Waals surface area contributed by atoms with Crippen molar-refractivity contribution in [2.45, 2.75) is 33.1 Å². The van der Waals surface area contributed by atoms with Gasteiger partial charge in [0.2, 0.25) is 5.91 Å². The van der Waals surface area contributed by atoms with Crippen molar-refractivity contribution >= 4 is 23.5 Å². The minimum Gasteiger partial charge on any atom is -0.481 e. The van der Waals surface area contributed by atoms with Crippen molar-refractivity contribution in [2.75, 3.05) is 14.1 Å². The maximum absolute atomic E-state index is 11.6. The monoisotopic (exact) mass is 298 g/mol. The topological polar surface area (TPSA) is 125 Å². The van der Waals surface area contributed by atoms with Gasteiger partial charge in [0, 0.05) is 33.2 Å². The Balaban J connectivity index is 5.28. The van der Waals surface area contributed by atoms with Gasteiger partial charge in [-0.05, 0) is 19.8 Å². The summed E-state index contributed by atoms with van der Waals surface area (Å²) in [7, 11) is 2.88. The van der Waals surface area contributed by atoms with E-state index in [0.29, 0.717) is 18.6 Å². The van der Waals surface area contributed by atoms with Crippen molar-refractivity contribution < 1.29 is 19.5 Å². The number of hydrogen-bond donors (Lipinski definition) is 3. The summed E-state index contributed by atoms with van der Waals surface area (Å²) in [4.78, 5) is 38.8. The van der Waals surface area contributed by atoms with Crippen molar-refractivity contribution in [3.8, 4) is 0 Å². The highest BCUT2D eigenvalue weighted by Gasteiger charge is 2.17. The van der Waals surface area contributed by atoms with Crippen molar-refractivity contribution in [2.24, 2.45) is 10.7 Å². The first kappa shape index (κ1) is 18.6. The molecule has 0 aliphatic carbocycles. The Bertz CT molecular complexity index is 483. The van der Waals surface area contributed by atoms with E-state index in [2.05, 4.69) is 10.3 Å². The summed E-state index contributed by atoms with van der Waals surface area (Å²) in [6.45, 7) is 3.01. The van der Waals surface area contributed by atoms with E-state index in [1.165, 1.54) is 25.9 Å². The van der Waals surface area contributed by atoms with Gasteiger partial charge in [-0.1, -0.05) is 0 Å². The highest BCUT2D eigenvalue weighted by Crippen LogP contribution is 2.10. The number of aliphatic imine (C=N–C) groups is 1. The van der Waals surface area contributed by atoms with Crippen LogP contribution in [0.1, 0.15) is 33.1 Å². The number of nitrogens with two attached hydrogens (primary N) is 1. The van der Waals surface area contributed by atoms with E-state index >= 15 is 0 Å². The normalized spacial score (nSPS) is 12.5. The second-order valence-corrected chi connectivity index (χ2v) is 4.49. The molecule has 0 aromatic heterocycles. The number of likely N-dealkylation sites (N-methyl/N-ethyl adjacent to an activating group) is 1. The fourth-order valence-corrected chi connectivity index (χ4v) is 1.43. The van der Waals surface area contributed by atoms with Gasteiger partial charge in [0.1, 0.15) is 5.70 Å². The summed E-state index contributed by atoms with van der Waals surface area (Å²) in [6.07, 6.45) is 0.879. The minimum atomic E-state index is -0.885. The Labute approximate surface area is 123 Å². The zero-order valence-corrected chi connectivity index (χ0v) is 12.8. The first-order chi connectivity index (χ1) is 9.70. The molecule has 0 atom stereocenters. The molecule has 118 valence electrons. The Morgan fingerprint density at radius 3 is 2.24 bits per heavy atom. The van der Waals surface area contributed by atoms with E-state index < -0.39 is 11.9 Å². The lowest BCUT2D eigenvalue weighted by Gasteiger charge is -2.18. The highest BCUT2D eigenvalue weighted by molar-refractivity contribution is 5.94. The van der Waals surface area contributed by atoms with Gasteiger partial charge >= 0.3 is 5.97 Å². The van der Waals surface area contributed by atoms with Crippen LogP contribution in [0, 0.1) is 0 Å². The van der Waals surface area contributed by atoms with Crippen molar-refractivity contribution in [1.82, 2.24) is 10.2 Å². The molecule has 0 aromatic rings. The van der Waals surface area contributed by atoms with Crippen LogP contribution >= 0.6 is 0 Å². The maximum Gasteiger partial charge on any atom is 0.303 e. The van der Waals surface area contributed by atoms with E-state index in [0.717, 1.165) is 0 Å². The minimum absolute atomic E-state index is 0.0272. The number of carboxylic acids is 1. The number of nitrogens with zero attached hydrogens (tertiary/aromatic N) is 2. The number of rotatable bonds is 7. The van der Waals surface area contributed by atoms with Crippen LogP contribution in [0.3, 0.4) is 0 Å². The number of carbonyl (C=O) groups excluding carboxylic acids is 2. The largest absolute Gasteiger partial charge is 0.481 e. The molecule has 0 radical (unpaired) electrons. The third-order valence-electron chi connectivity index (χ3n) is 2.73. The second kappa shape index (κ2) is 8.72. The molecule has 2 amide bonds. The third kappa shape index (κ3) is 6.55. The van der Waals surface area contributed by atoms with Gasteiger partial charge in [-0.15, -0.1) is 0 Å². The predicted molar refractivity (Wildman–Crippen MR) is 78.3 cm³/mol. The molecule has 0 saturated carbocycles. The molecule has 0 aliphatic rings. The maximum atomic E-state index is 11.6. The molecule has 0 aromatic carbocycles. The molecule has 4 N–H and O–H groups in total. The van der Waals surface area contributed by atoms with Crippen LogP contribution in [-0.2, 0) is 14.4 Å². The number of carboxylic acid groups (broad SMARTS) is 1. The Hall–Kier alpha value is -2.38. The second-order valence-electron chi connectivity index (χ2n) is 4.49. The van der Waals surface area contributed by atoms with Crippen LogP contribution < -0.4 is 11.1 Å². The van der Waals surface area contributed by atoms with E-state index in [-0.39, 0.29) is 23.8 Å². The lowest BCUT2D eigenvalue weighted by atomic mass is 10.2. The van der Waals surface area contributed by atoms with Crippen molar-refractivity contribution in [3.05, 3.63) is 11.5 Å².